The first kappa shape index (κ1) is 12.6. The number of ether oxygens (including phenoxy) is 1. The maximum atomic E-state index is 8.59. The fraction of sp³-hybridized carbons (Fsp3) is 0.200. The van der Waals surface area contributed by atoms with E-state index in [9.17, 15) is 0 Å². The van der Waals surface area contributed by atoms with Crippen LogP contribution in [0.2, 0.25) is 0 Å². The lowest BCUT2D eigenvalue weighted by atomic mass is 10.1. The SMILES string of the molecule is Cc1cccc(Oc2ccc(C)cc2COO)c1. The molecule has 0 heterocycles. The van der Waals surface area contributed by atoms with Crippen LogP contribution < -0.4 is 4.74 Å². The molecular weight excluding hydrogens is 228 g/mol. The van der Waals surface area contributed by atoms with Gasteiger partial charge in [-0.3, -0.25) is 5.26 Å². The van der Waals surface area contributed by atoms with E-state index in [4.69, 9.17) is 9.99 Å². The summed E-state index contributed by atoms with van der Waals surface area (Å²) in [5.41, 5.74) is 3.05. The Morgan fingerprint density at radius 1 is 1.00 bits per heavy atom. The Kier molecular flexibility index (Phi) is 3.97. The summed E-state index contributed by atoms with van der Waals surface area (Å²) in [6, 6.07) is 13.6. The van der Waals surface area contributed by atoms with Crippen LogP contribution in [0, 0.1) is 13.8 Å². The molecule has 94 valence electrons. The van der Waals surface area contributed by atoms with Crippen LogP contribution in [0.4, 0.5) is 0 Å². The number of hydrogen-bond acceptors (Lipinski definition) is 3. The molecule has 0 aliphatic carbocycles. The molecule has 0 aliphatic rings. The van der Waals surface area contributed by atoms with Gasteiger partial charge in [0.25, 0.3) is 0 Å². The maximum absolute atomic E-state index is 8.59. The van der Waals surface area contributed by atoms with E-state index in [-0.39, 0.29) is 6.61 Å². The van der Waals surface area contributed by atoms with E-state index in [0.717, 1.165) is 22.4 Å². The lowest BCUT2D eigenvalue weighted by Crippen LogP contribution is -1.95. The molecule has 2 rings (SSSR count). The summed E-state index contributed by atoms with van der Waals surface area (Å²) in [6.45, 7) is 4.11. The van der Waals surface area contributed by atoms with E-state index in [1.165, 1.54) is 0 Å². The third-order valence-electron chi connectivity index (χ3n) is 2.65. The van der Waals surface area contributed by atoms with Crippen LogP contribution in [-0.4, -0.2) is 5.26 Å². The van der Waals surface area contributed by atoms with Crippen molar-refractivity contribution in [2.75, 3.05) is 0 Å². The Bertz CT molecular complexity index is 535. The molecule has 1 N–H and O–H groups in total. The second kappa shape index (κ2) is 5.67. The van der Waals surface area contributed by atoms with Crippen molar-refractivity contribution in [1.82, 2.24) is 0 Å². The van der Waals surface area contributed by atoms with E-state index in [2.05, 4.69) is 4.89 Å². The van der Waals surface area contributed by atoms with Crippen molar-refractivity contribution < 1.29 is 14.9 Å². The predicted octanol–water partition coefficient (Wildman–Crippen LogP) is 4.09. The van der Waals surface area contributed by atoms with Crippen molar-refractivity contribution in [2.45, 2.75) is 20.5 Å². The predicted molar refractivity (Wildman–Crippen MR) is 69.8 cm³/mol. The molecule has 0 unspecified atom stereocenters. The van der Waals surface area contributed by atoms with Crippen LogP contribution >= 0.6 is 0 Å². The van der Waals surface area contributed by atoms with Crippen LogP contribution in [0.3, 0.4) is 0 Å². The van der Waals surface area contributed by atoms with Crippen molar-refractivity contribution in [3.05, 3.63) is 59.2 Å². The molecule has 0 saturated carbocycles. The molecule has 0 aliphatic heterocycles. The largest absolute Gasteiger partial charge is 0.457 e. The second-order valence-corrected chi connectivity index (χ2v) is 4.30. The first-order chi connectivity index (χ1) is 8.69. The van der Waals surface area contributed by atoms with Crippen molar-refractivity contribution in [3.63, 3.8) is 0 Å². The first-order valence-corrected chi connectivity index (χ1v) is 5.79. The number of hydrogen-bond donors (Lipinski definition) is 1. The summed E-state index contributed by atoms with van der Waals surface area (Å²) >= 11 is 0. The van der Waals surface area contributed by atoms with Crippen LogP contribution in [0.1, 0.15) is 16.7 Å². The van der Waals surface area contributed by atoms with Gasteiger partial charge in [0.05, 0.1) is 0 Å². The first-order valence-electron chi connectivity index (χ1n) is 5.79. The van der Waals surface area contributed by atoms with Gasteiger partial charge in [-0.25, -0.2) is 4.89 Å². The summed E-state index contributed by atoms with van der Waals surface area (Å²) in [5, 5.41) is 8.59. The van der Waals surface area contributed by atoms with Gasteiger partial charge in [0.15, 0.2) is 0 Å². The number of rotatable bonds is 4. The van der Waals surface area contributed by atoms with Gasteiger partial charge in [-0.05, 0) is 43.7 Å². The molecule has 0 fully saturated rings. The third-order valence-corrected chi connectivity index (χ3v) is 2.65. The van der Waals surface area contributed by atoms with Gasteiger partial charge in [-0.15, -0.1) is 0 Å². The van der Waals surface area contributed by atoms with Crippen molar-refractivity contribution >= 4 is 0 Å². The highest BCUT2D eigenvalue weighted by Gasteiger charge is 2.06. The van der Waals surface area contributed by atoms with Gasteiger partial charge >= 0.3 is 0 Å². The van der Waals surface area contributed by atoms with Crippen LogP contribution in [0.25, 0.3) is 0 Å². The molecule has 0 saturated heterocycles. The summed E-state index contributed by atoms with van der Waals surface area (Å²) in [5.74, 6) is 1.47. The van der Waals surface area contributed by atoms with Gasteiger partial charge in [0, 0.05) is 5.56 Å². The average Bonchev–Trinajstić information content (AvgIpc) is 2.33. The highest BCUT2D eigenvalue weighted by molar-refractivity contribution is 5.40. The third kappa shape index (κ3) is 3.09. The Hall–Kier alpha value is -1.84. The van der Waals surface area contributed by atoms with Crippen molar-refractivity contribution in [3.8, 4) is 11.5 Å². The minimum absolute atomic E-state index is 0.114. The minimum Gasteiger partial charge on any atom is -0.457 e. The highest BCUT2D eigenvalue weighted by atomic mass is 17.1. The molecule has 0 amide bonds. The van der Waals surface area contributed by atoms with Crippen LogP contribution in [0.15, 0.2) is 42.5 Å². The fourth-order valence-corrected chi connectivity index (χ4v) is 1.80. The molecule has 2 aromatic rings. The number of benzene rings is 2. The van der Waals surface area contributed by atoms with E-state index < -0.39 is 0 Å². The van der Waals surface area contributed by atoms with E-state index in [1.54, 1.807) is 0 Å². The van der Waals surface area contributed by atoms with Crippen molar-refractivity contribution in [2.24, 2.45) is 0 Å². The maximum Gasteiger partial charge on any atom is 0.133 e. The van der Waals surface area contributed by atoms with Gasteiger partial charge in [-0.1, -0.05) is 23.8 Å². The molecule has 3 nitrogen and oxygen atoms in total. The highest BCUT2D eigenvalue weighted by Crippen LogP contribution is 2.27. The Morgan fingerprint density at radius 2 is 1.78 bits per heavy atom. The fourth-order valence-electron chi connectivity index (χ4n) is 1.80. The molecular formula is C15H16O3. The molecule has 0 radical (unpaired) electrons. The normalized spacial score (nSPS) is 10.4. The molecule has 18 heavy (non-hydrogen) atoms. The topological polar surface area (TPSA) is 38.7 Å². The molecule has 0 spiro atoms. The molecule has 0 atom stereocenters. The Morgan fingerprint density at radius 3 is 2.50 bits per heavy atom. The van der Waals surface area contributed by atoms with Crippen LogP contribution in [0.5, 0.6) is 11.5 Å². The van der Waals surface area contributed by atoms with E-state index in [1.807, 2.05) is 56.3 Å². The quantitative estimate of drug-likeness (QED) is 0.650. The molecule has 3 heteroatoms. The minimum atomic E-state index is 0.114. The van der Waals surface area contributed by atoms with E-state index in [0.29, 0.717) is 5.75 Å². The smallest absolute Gasteiger partial charge is 0.133 e. The summed E-state index contributed by atoms with van der Waals surface area (Å²) in [7, 11) is 0. The zero-order valence-electron chi connectivity index (χ0n) is 10.5. The molecule has 0 aromatic heterocycles. The molecule has 0 bridgehead atoms. The van der Waals surface area contributed by atoms with Gasteiger partial charge in [0.1, 0.15) is 18.1 Å². The summed E-state index contributed by atoms with van der Waals surface area (Å²) < 4.78 is 5.81. The van der Waals surface area contributed by atoms with Gasteiger partial charge < -0.3 is 4.74 Å². The zero-order valence-corrected chi connectivity index (χ0v) is 10.5. The molecule has 2 aromatic carbocycles. The Labute approximate surface area is 107 Å². The van der Waals surface area contributed by atoms with E-state index >= 15 is 0 Å². The van der Waals surface area contributed by atoms with Crippen LogP contribution in [-0.2, 0) is 11.5 Å². The standard InChI is InChI=1S/C15H16O3/c1-11-4-3-5-14(9-11)18-15-7-6-12(2)8-13(15)10-17-16/h3-9,16H,10H2,1-2H3. The summed E-state index contributed by atoms with van der Waals surface area (Å²) in [6.07, 6.45) is 0. The second-order valence-electron chi connectivity index (χ2n) is 4.30. The van der Waals surface area contributed by atoms with Gasteiger partial charge in [-0.2, -0.15) is 0 Å². The lowest BCUT2D eigenvalue weighted by Gasteiger charge is -2.11. The zero-order chi connectivity index (χ0) is 13.0. The van der Waals surface area contributed by atoms with Gasteiger partial charge in [0.2, 0.25) is 0 Å². The monoisotopic (exact) mass is 244 g/mol. The van der Waals surface area contributed by atoms with Crippen molar-refractivity contribution in [1.29, 1.82) is 0 Å². The average molecular weight is 244 g/mol. The lowest BCUT2D eigenvalue weighted by molar-refractivity contribution is -0.253. The Balaban J connectivity index is 2.28. The summed E-state index contributed by atoms with van der Waals surface area (Å²) in [4.78, 5) is 4.20. The number of aryl methyl sites for hydroxylation is 2.